The first kappa shape index (κ1) is 27.7. The van der Waals surface area contributed by atoms with Gasteiger partial charge in [0.05, 0.1) is 40.1 Å². The molecule has 0 bridgehead atoms. The van der Waals surface area contributed by atoms with Gasteiger partial charge in [-0.05, 0) is 31.0 Å². The molecule has 31 heavy (non-hydrogen) atoms. The van der Waals surface area contributed by atoms with E-state index in [0.717, 1.165) is 38.5 Å². The zero-order chi connectivity index (χ0) is 23.4. The molecule has 1 atom stereocenters. The van der Waals surface area contributed by atoms with E-state index in [1.165, 1.54) is 25.3 Å². The number of unbranched alkanes of at least 4 members (excludes halogenated alkanes) is 4. The molecule has 0 aliphatic carbocycles. The first-order valence-electron chi connectivity index (χ1n) is 10.7. The molecule has 176 valence electrons. The van der Waals surface area contributed by atoms with Gasteiger partial charge in [0, 0.05) is 13.1 Å². The Morgan fingerprint density at radius 1 is 1.00 bits per heavy atom. The fraction of sp³-hybridized carbons (Fsp3) is 0.636. The number of amides is 1. The van der Waals surface area contributed by atoms with Crippen molar-refractivity contribution in [3.8, 4) is 0 Å². The SMILES string of the molecule is CCCCCN(CCCCC)C(=O)C(CC(=O)OC)CS(=O)(=O)c1ccc(Cl)c(Cl)c1. The molecule has 9 heteroatoms. The number of sulfone groups is 1. The van der Waals surface area contributed by atoms with Crippen molar-refractivity contribution >= 4 is 44.9 Å². The normalized spacial score (nSPS) is 12.4. The molecule has 1 rings (SSSR count). The summed E-state index contributed by atoms with van der Waals surface area (Å²) in [5, 5.41) is 0.347. The highest BCUT2D eigenvalue weighted by molar-refractivity contribution is 7.91. The van der Waals surface area contributed by atoms with Gasteiger partial charge < -0.3 is 9.64 Å². The van der Waals surface area contributed by atoms with Crippen LogP contribution in [0.15, 0.2) is 23.1 Å². The molecule has 0 spiro atoms. The Morgan fingerprint density at radius 3 is 2.06 bits per heavy atom. The Balaban J connectivity index is 3.13. The van der Waals surface area contributed by atoms with Crippen molar-refractivity contribution in [1.29, 1.82) is 0 Å². The van der Waals surface area contributed by atoms with Gasteiger partial charge in [-0.25, -0.2) is 8.42 Å². The van der Waals surface area contributed by atoms with E-state index in [1.807, 2.05) is 0 Å². The average Bonchev–Trinajstić information content (AvgIpc) is 2.73. The van der Waals surface area contributed by atoms with Crippen molar-refractivity contribution in [2.24, 2.45) is 5.92 Å². The molecule has 0 saturated heterocycles. The van der Waals surface area contributed by atoms with Crippen LogP contribution in [-0.4, -0.2) is 51.1 Å². The predicted molar refractivity (Wildman–Crippen MR) is 124 cm³/mol. The van der Waals surface area contributed by atoms with Gasteiger partial charge in [-0.3, -0.25) is 9.59 Å². The van der Waals surface area contributed by atoms with Crippen LogP contribution < -0.4 is 0 Å². The second-order valence-electron chi connectivity index (χ2n) is 7.57. The van der Waals surface area contributed by atoms with Gasteiger partial charge in [0.15, 0.2) is 9.84 Å². The highest BCUT2D eigenvalue weighted by Gasteiger charge is 2.32. The molecule has 0 saturated carbocycles. The van der Waals surface area contributed by atoms with Crippen LogP contribution in [0.5, 0.6) is 0 Å². The lowest BCUT2D eigenvalue weighted by atomic mass is 10.1. The summed E-state index contributed by atoms with van der Waals surface area (Å²) in [4.78, 5) is 26.9. The number of carbonyl (C=O) groups excluding carboxylic acids is 2. The molecule has 0 aromatic heterocycles. The number of benzene rings is 1. The quantitative estimate of drug-likeness (QED) is 0.264. The summed E-state index contributed by atoms with van der Waals surface area (Å²) in [5.41, 5.74) is 0. The second-order valence-corrected chi connectivity index (χ2v) is 10.4. The maximum Gasteiger partial charge on any atom is 0.306 e. The van der Waals surface area contributed by atoms with Crippen molar-refractivity contribution in [1.82, 2.24) is 4.90 Å². The molecule has 0 fully saturated rings. The van der Waals surface area contributed by atoms with E-state index in [0.29, 0.717) is 13.1 Å². The van der Waals surface area contributed by atoms with Gasteiger partial charge in [0.2, 0.25) is 5.91 Å². The molecule has 0 radical (unpaired) electrons. The van der Waals surface area contributed by atoms with E-state index in [2.05, 4.69) is 13.8 Å². The number of hydrogen-bond acceptors (Lipinski definition) is 5. The minimum absolute atomic E-state index is 0.0342. The summed E-state index contributed by atoms with van der Waals surface area (Å²) in [5.74, 6) is -2.49. The molecule has 1 aromatic rings. The van der Waals surface area contributed by atoms with E-state index in [4.69, 9.17) is 27.9 Å². The van der Waals surface area contributed by atoms with Gasteiger partial charge in [-0.1, -0.05) is 62.7 Å². The van der Waals surface area contributed by atoms with Gasteiger partial charge in [0.1, 0.15) is 0 Å². The van der Waals surface area contributed by atoms with Crippen LogP contribution in [0.1, 0.15) is 58.8 Å². The minimum Gasteiger partial charge on any atom is -0.469 e. The van der Waals surface area contributed by atoms with Crippen molar-refractivity contribution in [3.63, 3.8) is 0 Å². The van der Waals surface area contributed by atoms with Crippen LogP contribution in [0, 0.1) is 5.92 Å². The van der Waals surface area contributed by atoms with Crippen LogP contribution in [-0.2, 0) is 24.2 Å². The number of halogens is 2. The molecular weight excluding hydrogens is 461 g/mol. The first-order valence-corrected chi connectivity index (χ1v) is 13.1. The van der Waals surface area contributed by atoms with Crippen LogP contribution in [0.3, 0.4) is 0 Å². The van der Waals surface area contributed by atoms with Gasteiger partial charge in [-0.15, -0.1) is 0 Å². The number of ether oxygens (including phenoxy) is 1. The van der Waals surface area contributed by atoms with E-state index in [1.54, 1.807) is 4.90 Å². The third-order valence-electron chi connectivity index (χ3n) is 5.04. The van der Waals surface area contributed by atoms with Crippen LogP contribution in [0.25, 0.3) is 0 Å². The van der Waals surface area contributed by atoms with Gasteiger partial charge in [0.25, 0.3) is 0 Å². The Labute approximate surface area is 196 Å². The van der Waals surface area contributed by atoms with Crippen molar-refractivity contribution in [3.05, 3.63) is 28.2 Å². The zero-order valence-corrected chi connectivity index (χ0v) is 20.9. The third kappa shape index (κ3) is 9.38. The molecule has 0 heterocycles. The average molecular weight is 494 g/mol. The zero-order valence-electron chi connectivity index (χ0n) is 18.5. The molecular formula is C22H33Cl2NO5S. The van der Waals surface area contributed by atoms with Crippen molar-refractivity contribution in [2.75, 3.05) is 26.0 Å². The number of rotatable bonds is 14. The van der Waals surface area contributed by atoms with Crippen LogP contribution in [0.2, 0.25) is 10.0 Å². The summed E-state index contributed by atoms with van der Waals surface area (Å²) in [6.45, 7) is 5.24. The fourth-order valence-electron chi connectivity index (χ4n) is 3.23. The number of carbonyl (C=O) groups is 2. The molecule has 1 aromatic carbocycles. The molecule has 1 amide bonds. The molecule has 0 N–H and O–H groups in total. The largest absolute Gasteiger partial charge is 0.469 e. The standard InChI is InChI=1S/C22H33Cl2NO5S/c1-4-6-8-12-25(13-9-7-5-2)22(27)17(14-21(26)30-3)16-31(28,29)18-10-11-19(23)20(24)15-18/h10-11,15,17H,4-9,12-14,16H2,1-3H3. The van der Waals surface area contributed by atoms with Crippen LogP contribution >= 0.6 is 23.2 Å². The smallest absolute Gasteiger partial charge is 0.306 e. The Kier molecular flexibility index (Phi) is 12.5. The van der Waals surface area contributed by atoms with Crippen molar-refractivity contribution < 1.29 is 22.7 Å². The number of hydrogen-bond donors (Lipinski definition) is 0. The maximum absolute atomic E-state index is 13.3. The summed E-state index contributed by atoms with van der Waals surface area (Å²) in [7, 11) is -2.66. The second kappa shape index (κ2) is 14.0. The Morgan fingerprint density at radius 2 is 1.58 bits per heavy atom. The van der Waals surface area contributed by atoms with E-state index >= 15 is 0 Å². The maximum atomic E-state index is 13.3. The molecule has 6 nitrogen and oxygen atoms in total. The fourth-order valence-corrected chi connectivity index (χ4v) is 5.15. The number of esters is 1. The third-order valence-corrected chi connectivity index (χ3v) is 7.59. The lowest BCUT2D eigenvalue weighted by Gasteiger charge is -2.27. The van der Waals surface area contributed by atoms with E-state index in [9.17, 15) is 18.0 Å². The van der Waals surface area contributed by atoms with Gasteiger partial charge >= 0.3 is 5.97 Å². The monoisotopic (exact) mass is 493 g/mol. The molecule has 0 aliphatic heterocycles. The lowest BCUT2D eigenvalue weighted by molar-refractivity contribution is -0.146. The minimum atomic E-state index is -3.88. The van der Waals surface area contributed by atoms with Gasteiger partial charge in [-0.2, -0.15) is 0 Å². The molecule has 1 unspecified atom stereocenters. The van der Waals surface area contributed by atoms with E-state index < -0.39 is 27.5 Å². The van der Waals surface area contributed by atoms with Crippen LogP contribution in [0.4, 0.5) is 0 Å². The highest BCUT2D eigenvalue weighted by Crippen LogP contribution is 2.27. The summed E-state index contributed by atoms with van der Waals surface area (Å²) >= 11 is 11.9. The number of nitrogens with zero attached hydrogens (tertiary/aromatic N) is 1. The number of methoxy groups -OCH3 is 1. The summed E-state index contributed by atoms with van der Waals surface area (Å²) < 4.78 is 30.7. The topological polar surface area (TPSA) is 80.8 Å². The Hall–Kier alpha value is -1.31. The van der Waals surface area contributed by atoms with E-state index in [-0.39, 0.29) is 27.3 Å². The first-order chi connectivity index (χ1) is 14.7. The summed E-state index contributed by atoms with van der Waals surface area (Å²) in [6.07, 6.45) is 5.33. The predicted octanol–water partition coefficient (Wildman–Crippen LogP) is 5.16. The summed E-state index contributed by atoms with van der Waals surface area (Å²) in [6, 6.07) is 4.01. The van der Waals surface area contributed by atoms with Crippen molar-refractivity contribution in [2.45, 2.75) is 63.7 Å². The lowest BCUT2D eigenvalue weighted by Crippen LogP contribution is -2.41. The molecule has 0 aliphatic rings. The Bertz CT molecular complexity index is 819. The highest BCUT2D eigenvalue weighted by atomic mass is 35.5.